The van der Waals surface area contributed by atoms with Gasteiger partial charge in [0.25, 0.3) is 5.91 Å². The molecule has 1 aliphatic rings. The largest absolute Gasteiger partial charge is 0.507 e. The first-order chi connectivity index (χ1) is 19.0. The summed E-state index contributed by atoms with van der Waals surface area (Å²) in [5, 5.41) is 14.3. The van der Waals surface area contributed by atoms with Crippen molar-refractivity contribution in [1.82, 2.24) is 15.2 Å². The van der Waals surface area contributed by atoms with Gasteiger partial charge in [-0.3, -0.25) is 9.69 Å². The van der Waals surface area contributed by atoms with Crippen molar-refractivity contribution in [2.75, 3.05) is 19.6 Å². The first-order valence-electron chi connectivity index (χ1n) is 13.4. The molecule has 3 N–H and O–H groups in total. The van der Waals surface area contributed by atoms with Crippen molar-refractivity contribution in [3.8, 4) is 17.0 Å². The highest BCUT2D eigenvalue weighted by Gasteiger charge is 2.29. The highest BCUT2D eigenvalue weighted by Crippen LogP contribution is 2.36. The number of H-pyrrole nitrogens is 1. The van der Waals surface area contributed by atoms with Gasteiger partial charge in [-0.2, -0.15) is 0 Å². The molecule has 1 fully saturated rings. The minimum absolute atomic E-state index is 0.00207. The van der Waals surface area contributed by atoms with E-state index in [1.807, 2.05) is 36.4 Å². The summed E-state index contributed by atoms with van der Waals surface area (Å²) in [5.41, 5.74) is 4.94. The fraction of sp³-hybridized carbons (Fsp3) is 0.281. The highest BCUT2D eigenvalue weighted by atomic mass is 35.5. The summed E-state index contributed by atoms with van der Waals surface area (Å²) in [4.78, 5) is 18.9. The van der Waals surface area contributed by atoms with Crippen LogP contribution in [0.25, 0.3) is 11.3 Å². The van der Waals surface area contributed by atoms with E-state index in [-0.39, 0.29) is 17.6 Å². The normalized spacial score (nSPS) is 15.2. The lowest BCUT2D eigenvalue weighted by atomic mass is 9.80. The first kappa shape index (κ1) is 27.3. The summed E-state index contributed by atoms with van der Waals surface area (Å²) in [5.74, 6) is 0.510. The molecule has 1 saturated heterocycles. The molecule has 0 aliphatic carbocycles. The van der Waals surface area contributed by atoms with Crippen molar-refractivity contribution in [1.29, 1.82) is 0 Å². The van der Waals surface area contributed by atoms with Gasteiger partial charge in [-0.15, -0.1) is 0 Å². The predicted molar refractivity (Wildman–Crippen MR) is 158 cm³/mol. The van der Waals surface area contributed by atoms with Crippen molar-refractivity contribution in [2.45, 2.75) is 31.7 Å². The second kappa shape index (κ2) is 12.7. The van der Waals surface area contributed by atoms with Crippen molar-refractivity contribution < 1.29 is 9.90 Å². The maximum absolute atomic E-state index is 12.7. The number of likely N-dealkylation sites (tertiary alicyclic amines) is 1. The number of carbonyl (C=O) groups excluding carboxylic acids is 1. The lowest BCUT2D eigenvalue weighted by Crippen LogP contribution is -2.36. The third-order valence-corrected chi connectivity index (χ3v) is 8.41. The Morgan fingerprint density at radius 2 is 1.69 bits per heavy atom. The van der Waals surface area contributed by atoms with Crippen LogP contribution in [0.1, 0.15) is 46.8 Å². The molecule has 4 aromatic rings. The number of nitrogens with one attached hydrogen (secondary N) is 2. The molecule has 3 aromatic carbocycles. The van der Waals surface area contributed by atoms with Gasteiger partial charge in [0.15, 0.2) is 0 Å². The molecule has 202 valence electrons. The Bertz CT molecular complexity index is 1400. The summed E-state index contributed by atoms with van der Waals surface area (Å²) in [6, 6.07) is 27.2. The van der Waals surface area contributed by atoms with Gasteiger partial charge in [0.05, 0.1) is 15.6 Å². The van der Waals surface area contributed by atoms with E-state index in [2.05, 4.69) is 39.5 Å². The van der Waals surface area contributed by atoms with Gasteiger partial charge in [0.2, 0.25) is 0 Å². The second-order valence-electron chi connectivity index (χ2n) is 10.2. The Balaban J connectivity index is 1.26. The number of piperidine rings is 1. The Morgan fingerprint density at radius 1 is 0.949 bits per heavy atom. The Kier molecular flexibility index (Phi) is 8.92. The molecule has 7 heteroatoms. The predicted octanol–water partition coefficient (Wildman–Crippen LogP) is 7.51. The molecule has 0 saturated carbocycles. The molecule has 0 spiro atoms. The van der Waals surface area contributed by atoms with Crippen molar-refractivity contribution in [3.63, 3.8) is 0 Å². The van der Waals surface area contributed by atoms with Gasteiger partial charge >= 0.3 is 0 Å². The number of aromatic hydroxyl groups is 1. The third-order valence-electron chi connectivity index (χ3n) is 7.67. The number of aromatic amines is 1. The zero-order chi connectivity index (χ0) is 27.2. The van der Waals surface area contributed by atoms with Crippen molar-refractivity contribution in [3.05, 3.63) is 112 Å². The zero-order valence-electron chi connectivity index (χ0n) is 21.7. The van der Waals surface area contributed by atoms with Gasteiger partial charge < -0.3 is 15.4 Å². The standard InChI is InChI=1S/C32H33Cl2N3O2/c33-27-11-10-22(20-28(27)34)21-37-18-15-23(16-19-37)25(14-17-35-32(39)26-8-4-5-9-31(26)38)30-13-12-29(36-30)24-6-2-1-3-7-24/h1-13,20,23,25,36,38H,14-19,21H2,(H,35,39). The number of hydrogen-bond donors (Lipinski definition) is 3. The maximum atomic E-state index is 12.7. The van der Waals surface area contributed by atoms with Crippen LogP contribution in [0.2, 0.25) is 10.0 Å². The van der Waals surface area contributed by atoms with Gasteiger partial charge in [0.1, 0.15) is 5.75 Å². The topological polar surface area (TPSA) is 68.4 Å². The van der Waals surface area contributed by atoms with Gasteiger partial charge in [-0.25, -0.2) is 0 Å². The summed E-state index contributed by atoms with van der Waals surface area (Å²) in [7, 11) is 0. The minimum Gasteiger partial charge on any atom is -0.507 e. The summed E-state index contributed by atoms with van der Waals surface area (Å²) >= 11 is 12.3. The number of carbonyl (C=O) groups is 1. The number of hydrogen-bond acceptors (Lipinski definition) is 3. The van der Waals surface area contributed by atoms with Crippen LogP contribution in [0.5, 0.6) is 5.75 Å². The summed E-state index contributed by atoms with van der Waals surface area (Å²) in [6.45, 7) is 3.38. The molecule has 0 radical (unpaired) electrons. The number of nitrogens with zero attached hydrogens (tertiary/aromatic N) is 1. The molecular weight excluding hydrogens is 529 g/mol. The Morgan fingerprint density at radius 3 is 2.44 bits per heavy atom. The number of phenols is 1. The molecule has 5 nitrogen and oxygen atoms in total. The lowest BCUT2D eigenvalue weighted by Gasteiger charge is -2.36. The van der Waals surface area contributed by atoms with E-state index < -0.39 is 0 Å². The van der Waals surface area contributed by atoms with E-state index in [4.69, 9.17) is 23.2 Å². The second-order valence-corrected chi connectivity index (χ2v) is 11.0. The third kappa shape index (κ3) is 6.85. The fourth-order valence-corrected chi connectivity index (χ4v) is 5.89. The van der Waals surface area contributed by atoms with Crippen LogP contribution in [0.4, 0.5) is 0 Å². The van der Waals surface area contributed by atoms with Gasteiger partial charge in [0, 0.05) is 30.4 Å². The molecule has 1 aromatic heterocycles. The molecule has 1 unspecified atom stereocenters. The van der Waals surface area contributed by atoms with Gasteiger partial charge in [-0.05, 0) is 85.8 Å². The summed E-state index contributed by atoms with van der Waals surface area (Å²) < 4.78 is 0. The first-order valence-corrected chi connectivity index (χ1v) is 14.2. The number of para-hydroxylation sites is 1. The van der Waals surface area contributed by atoms with E-state index in [0.717, 1.165) is 50.2 Å². The smallest absolute Gasteiger partial charge is 0.255 e. The van der Waals surface area contributed by atoms with E-state index >= 15 is 0 Å². The number of amides is 1. The molecular formula is C32H33Cl2N3O2. The highest BCUT2D eigenvalue weighted by molar-refractivity contribution is 6.42. The Hall–Kier alpha value is -3.25. The van der Waals surface area contributed by atoms with Crippen LogP contribution in [0.15, 0.2) is 84.9 Å². The number of halogens is 2. The van der Waals surface area contributed by atoms with E-state index in [9.17, 15) is 9.90 Å². The molecule has 0 bridgehead atoms. The van der Waals surface area contributed by atoms with Crippen molar-refractivity contribution in [2.24, 2.45) is 5.92 Å². The number of phenolic OH excluding ortho intramolecular Hbond substituents is 1. The molecule has 5 rings (SSSR count). The molecule has 39 heavy (non-hydrogen) atoms. The van der Waals surface area contributed by atoms with Crippen LogP contribution in [0, 0.1) is 5.92 Å². The molecule has 2 heterocycles. The van der Waals surface area contributed by atoms with E-state index in [1.165, 1.54) is 17.3 Å². The van der Waals surface area contributed by atoms with Crippen LogP contribution < -0.4 is 5.32 Å². The quantitative estimate of drug-likeness (QED) is 0.198. The average Bonchev–Trinajstić information content (AvgIpc) is 3.44. The van der Waals surface area contributed by atoms with Crippen molar-refractivity contribution >= 4 is 29.1 Å². The Labute approximate surface area is 239 Å². The summed E-state index contributed by atoms with van der Waals surface area (Å²) in [6.07, 6.45) is 2.95. The SMILES string of the molecule is O=C(NCCC(c1ccc(-c2ccccc2)[nH]1)C1CCN(Cc2ccc(Cl)c(Cl)c2)CC1)c1ccccc1O. The van der Waals surface area contributed by atoms with Crippen LogP contribution >= 0.6 is 23.2 Å². The van der Waals surface area contributed by atoms with Crippen LogP contribution in [-0.2, 0) is 6.54 Å². The molecule has 1 atom stereocenters. The monoisotopic (exact) mass is 561 g/mol. The molecule has 1 aliphatic heterocycles. The minimum atomic E-state index is -0.250. The van der Waals surface area contributed by atoms with Crippen LogP contribution in [-0.4, -0.2) is 40.5 Å². The van der Waals surface area contributed by atoms with E-state index in [1.54, 1.807) is 18.2 Å². The lowest BCUT2D eigenvalue weighted by molar-refractivity contribution is 0.0946. The molecule has 1 amide bonds. The number of rotatable bonds is 9. The number of aromatic nitrogens is 1. The van der Waals surface area contributed by atoms with E-state index in [0.29, 0.717) is 28.1 Å². The fourth-order valence-electron chi connectivity index (χ4n) is 5.57. The van der Waals surface area contributed by atoms with Crippen LogP contribution in [0.3, 0.4) is 0 Å². The zero-order valence-corrected chi connectivity index (χ0v) is 23.3. The average molecular weight is 563 g/mol. The maximum Gasteiger partial charge on any atom is 0.255 e. The van der Waals surface area contributed by atoms with Gasteiger partial charge in [-0.1, -0.05) is 71.7 Å². The number of benzene rings is 3.